The second-order valence-corrected chi connectivity index (χ2v) is 6.61. The van der Waals surface area contributed by atoms with Crippen molar-refractivity contribution in [1.82, 2.24) is 14.9 Å². The molecule has 19 heavy (non-hydrogen) atoms. The first-order chi connectivity index (χ1) is 9.13. The van der Waals surface area contributed by atoms with Crippen LogP contribution >= 0.6 is 22.7 Å². The zero-order valence-corrected chi connectivity index (χ0v) is 12.6. The number of carbonyl (C=O) groups is 1. The minimum absolute atomic E-state index is 0.0638. The average molecular weight is 293 g/mol. The average Bonchev–Trinajstić information content (AvgIpc) is 3.07. The second kappa shape index (κ2) is 5.02. The summed E-state index contributed by atoms with van der Waals surface area (Å²) in [5.74, 6) is 0.456. The van der Waals surface area contributed by atoms with Crippen LogP contribution in [0.4, 0.5) is 0 Å². The molecule has 100 valence electrons. The standard InChI is InChI=1S/C13H15N3OS2/c1-8-6-18-11(14-8)10-3-4-16(5-10)13(17)12-15-9(2)7-19-12/h6-7,10H,3-5H2,1-2H3. The van der Waals surface area contributed by atoms with Crippen molar-refractivity contribution < 1.29 is 4.79 Å². The number of hydrogen-bond acceptors (Lipinski definition) is 5. The van der Waals surface area contributed by atoms with Gasteiger partial charge in [0.15, 0.2) is 5.01 Å². The van der Waals surface area contributed by atoms with Crippen molar-refractivity contribution in [3.05, 3.63) is 32.2 Å². The van der Waals surface area contributed by atoms with Gasteiger partial charge in [0.2, 0.25) is 0 Å². The third-order valence-electron chi connectivity index (χ3n) is 3.26. The molecular weight excluding hydrogens is 278 g/mol. The molecule has 1 amide bonds. The summed E-state index contributed by atoms with van der Waals surface area (Å²) in [4.78, 5) is 23.0. The van der Waals surface area contributed by atoms with Gasteiger partial charge in [0.1, 0.15) is 0 Å². The molecule has 1 saturated heterocycles. The number of thiazole rings is 2. The third-order valence-corrected chi connectivity index (χ3v) is 5.34. The van der Waals surface area contributed by atoms with Gasteiger partial charge in [-0.3, -0.25) is 4.79 Å². The fourth-order valence-electron chi connectivity index (χ4n) is 2.29. The molecule has 0 aliphatic carbocycles. The van der Waals surface area contributed by atoms with E-state index in [9.17, 15) is 4.79 Å². The van der Waals surface area contributed by atoms with Crippen LogP contribution in [0.15, 0.2) is 10.8 Å². The van der Waals surface area contributed by atoms with E-state index in [1.165, 1.54) is 11.3 Å². The van der Waals surface area contributed by atoms with Crippen LogP contribution in [0.5, 0.6) is 0 Å². The molecule has 1 fully saturated rings. The first-order valence-corrected chi connectivity index (χ1v) is 8.03. The lowest BCUT2D eigenvalue weighted by atomic mass is 10.1. The zero-order chi connectivity index (χ0) is 13.4. The van der Waals surface area contributed by atoms with Gasteiger partial charge in [-0.1, -0.05) is 0 Å². The van der Waals surface area contributed by atoms with Crippen molar-refractivity contribution in [3.63, 3.8) is 0 Å². The molecule has 1 aliphatic heterocycles. The van der Waals surface area contributed by atoms with Gasteiger partial charge in [0, 0.05) is 41.2 Å². The van der Waals surface area contributed by atoms with E-state index in [1.54, 1.807) is 11.3 Å². The van der Waals surface area contributed by atoms with Crippen molar-refractivity contribution in [3.8, 4) is 0 Å². The lowest BCUT2D eigenvalue weighted by Crippen LogP contribution is -2.28. The molecule has 1 unspecified atom stereocenters. The summed E-state index contributed by atoms with van der Waals surface area (Å²) in [6.07, 6.45) is 1.00. The molecule has 3 heterocycles. The van der Waals surface area contributed by atoms with E-state index in [1.807, 2.05) is 24.1 Å². The van der Waals surface area contributed by atoms with Crippen molar-refractivity contribution in [1.29, 1.82) is 0 Å². The molecule has 1 atom stereocenters. The van der Waals surface area contributed by atoms with Crippen molar-refractivity contribution in [2.75, 3.05) is 13.1 Å². The molecule has 0 aromatic carbocycles. The topological polar surface area (TPSA) is 46.1 Å². The Morgan fingerprint density at radius 1 is 1.26 bits per heavy atom. The molecule has 1 aliphatic rings. The monoisotopic (exact) mass is 293 g/mol. The summed E-state index contributed by atoms with van der Waals surface area (Å²) in [5, 5.41) is 5.76. The molecule has 0 bridgehead atoms. The number of amides is 1. The molecule has 2 aromatic heterocycles. The Balaban J connectivity index is 1.70. The van der Waals surface area contributed by atoms with E-state index < -0.39 is 0 Å². The Morgan fingerprint density at radius 3 is 2.63 bits per heavy atom. The van der Waals surface area contributed by atoms with Crippen LogP contribution in [-0.4, -0.2) is 33.9 Å². The fourth-order valence-corrected chi connectivity index (χ4v) is 3.98. The SMILES string of the molecule is Cc1csc(C(=O)N2CCC(c3nc(C)cs3)C2)n1. The zero-order valence-electron chi connectivity index (χ0n) is 10.9. The molecule has 3 rings (SSSR count). The quantitative estimate of drug-likeness (QED) is 0.855. The Hall–Kier alpha value is -1.27. The van der Waals surface area contributed by atoms with E-state index in [0.717, 1.165) is 35.9 Å². The van der Waals surface area contributed by atoms with E-state index in [-0.39, 0.29) is 5.91 Å². The second-order valence-electron chi connectivity index (χ2n) is 4.86. The van der Waals surface area contributed by atoms with Crippen molar-refractivity contribution in [2.45, 2.75) is 26.2 Å². The van der Waals surface area contributed by atoms with E-state index in [2.05, 4.69) is 15.3 Å². The highest BCUT2D eigenvalue weighted by atomic mass is 32.1. The Kier molecular flexibility index (Phi) is 3.36. The summed E-state index contributed by atoms with van der Waals surface area (Å²) >= 11 is 3.13. The molecule has 0 N–H and O–H groups in total. The lowest BCUT2D eigenvalue weighted by Gasteiger charge is -2.14. The summed E-state index contributed by atoms with van der Waals surface area (Å²) in [6, 6.07) is 0. The molecule has 0 spiro atoms. The maximum absolute atomic E-state index is 12.3. The van der Waals surface area contributed by atoms with Crippen molar-refractivity contribution in [2.24, 2.45) is 0 Å². The van der Waals surface area contributed by atoms with E-state index in [4.69, 9.17) is 0 Å². The normalized spacial score (nSPS) is 19.1. The van der Waals surface area contributed by atoms with Gasteiger partial charge in [0.05, 0.1) is 5.01 Å². The fraction of sp³-hybridized carbons (Fsp3) is 0.462. The maximum Gasteiger partial charge on any atom is 0.282 e. The number of carbonyl (C=O) groups excluding carboxylic acids is 1. The first-order valence-electron chi connectivity index (χ1n) is 6.27. The van der Waals surface area contributed by atoms with Gasteiger partial charge >= 0.3 is 0 Å². The molecule has 0 saturated carbocycles. The number of rotatable bonds is 2. The van der Waals surface area contributed by atoms with Gasteiger partial charge in [0.25, 0.3) is 5.91 Å². The number of hydrogen-bond donors (Lipinski definition) is 0. The van der Waals surface area contributed by atoms with Crippen LogP contribution in [0.1, 0.15) is 38.5 Å². The predicted octanol–water partition coefficient (Wildman–Crippen LogP) is 2.85. The van der Waals surface area contributed by atoms with Gasteiger partial charge in [-0.15, -0.1) is 22.7 Å². The summed E-state index contributed by atoms with van der Waals surface area (Å²) in [5.41, 5.74) is 1.99. The largest absolute Gasteiger partial charge is 0.336 e. The van der Waals surface area contributed by atoms with Crippen LogP contribution < -0.4 is 0 Å². The summed E-state index contributed by atoms with van der Waals surface area (Å²) < 4.78 is 0. The smallest absolute Gasteiger partial charge is 0.282 e. The minimum atomic E-state index is 0.0638. The van der Waals surface area contributed by atoms with Crippen LogP contribution in [-0.2, 0) is 0 Å². The number of nitrogens with zero attached hydrogens (tertiary/aromatic N) is 3. The lowest BCUT2D eigenvalue weighted by molar-refractivity contribution is 0.0790. The van der Waals surface area contributed by atoms with Crippen molar-refractivity contribution >= 4 is 28.6 Å². The maximum atomic E-state index is 12.3. The van der Waals surface area contributed by atoms with Gasteiger partial charge in [-0.2, -0.15) is 0 Å². The predicted molar refractivity (Wildman–Crippen MR) is 77.0 cm³/mol. The van der Waals surface area contributed by atoms with Gasteiger partial charge in [-0.25, -0.2) is 9.97 Å². The van der Waals surface area contributed by atoms with Gasteiger partial charge in [-0.05, 0) is 20.3 Å². The molecule has 0 radical (unpaired) electrons. The highest BCUT2D eigenvalue weighted by Crippen LogP contribution is 2.30. The molecule has 6 heteroatoms. The minimum Gasteiger partial charge on any atom is -0.336 e. The van der Waals surface area contributed by atoms with Gasteiger partial charge < -0.3 is 4.90 Å². The van der Waals surface area contributed by atoms with E-state index in [0.29, 0.717) is 10.9 Å². The molecular formula is C13H15N3OS2. The third kappa shape index (κ3) is 2.55. The Bertz CT molecular complexity index is 605. The summed E-state index contributed by atoms with van der Waals surface area (Å²) in [7, 11) is 0. The highest BCUT2D eigenvalue weighted by Gasteiger charge is 2.30. The van der Waals surface area contributed by atoms with Crippen LogP contribution in [0.3, 0.4) is 0 Å². The molecule has 4 nitrogen and oxygen atoms in total. The number of aromatic nitrogens is 2. The number of likely N-dealkylation sites (tertiary alicyclic amines) is 1. The van der Waals surface area contributed by atoms with Crippen LogP contribution in [0, 0.1) is 13.8 Å². The first kappa shape index (κ1) is 12.7. The van der Waals surface area contributed by atoms with Crippen LogP contribution in [0.25, 0.3) is 0 Å². The highest BCUT2D eigenvalue weighted by molar-refractivity contribution is 7.11. The Morgan fingerprint density at radius 2 is 2.00 bits per heavy atom. The number of aryl methyl sites for hydroxylation is 2. The van der Waals surface area contributed by atoms with Crippen LogP contribution in [0.2, 0.25) is 0 Å². The Labute approximate surface area is 120 Å². The summed E-state index contributed by atoms with van der Waals surface area (Å²) in [6.45, 7) is 5.50. The van der Waals surface area contributed by atoms with E-state index >= 15 is 0 Å². The molecule has 2 aromatic rings.